The van der Waals surface area contributed by atoms with Crippen molar-refractivity contribution in [2.75, 3.05) is 26.7 Å². The van der Waals surface area contributed by atoms with Crippen LogP contribution in [0.1, 0.15) is 40.5 Å². The third-order valence-electron chi connectivity index (χ3n) is 3.74. The molecule has 1 aliphatic rings. The molecular formula is C13H27N3O. The summed E-state index contributed by atoms with van der Waals surface area (Å²) in [5.41, 5.74) is -0.160. The predicted octanol–water partition coefficient (Wildman–Crippen LogP) is 0.975. The second-order valence-electron chi connectivity index (χ2n) is 5.85. The summed E-state index contributed by atoms with van der Waals surface area (Å²) in [6.07, 6.45) is 1.77. The Morgan fingerprint density at radius 2 is 1.82 bits per heavy atom. The summed E-state index contributed by atoms with van der Waals surface area (Å²) < 4.78 is 0. The number of nitrogens with one attached hydrogen (secondary N) is 2. The quantitative estimate of drug-likeness (QED) is 0.774. The number of amides is 1. The van der Waals surface area contributed by atoms with Gasteiger partial charge >= 0.3 is 0 Å². The van der Waals surface area contributed by atoms with Crippen LogP contribution < -0.4 is 10.6 Å². The van der Waals surface area contributed by atoms with Gasteiger partial charge in [0, 0.05) is 25.7 Å². The maximum atomic E-state index is 12.0. The molecule has 17 heavy (non-hydrogen) atoms. The number of carbonyl (C=O) groups excluding carboxylic acids is 1. The molecule has 2 N–H and O–H groups in total. The van der Waals surface area contributed by atoms with Crippen molar-refractivity contribution < 1.29 is 4.79 Å². The van der Waals surface area contributed by atoms with E-state index in [1.54, 1.807) is 7.05 Å². The molecule has 0 aromatic rings. The van der Waals surface area contributed by atoms with Gasteiger partial charge in [-0.3, -0.25) is 9.69 Å². The molecule has 0 atom stereocenters. The van der Waals surface area contributed by atoms with E-state index < -0.39 is 0 Å². The molecule has 0 spiro atoms. The number of carbonyl (C=O) groups is 1. The molecule has 0 bridgehead atoms. The molecule has 0 radical (unpaired) electrons. The molecular weight excluding hydrogens is 214 g/mol. The smallest absolute Gasteiger partial charge is 0.240 e. The highest BCUT2D eigenvalue weighted by molar-refractivity contribution is 5.86. The minimum Gasteiger partial charge on any atom is -0.358 e. The number of hydrogen-bond acceptors (Lipinski definition) is 3. The summed E-state index contributed by atoms with van der Waals surface area (Å²) in [7, 11) is 1.72. The lowest BCUT2D eigenvalue weighted by molar-refractivity contribution is -0.129. The number of likely N-dealkylation sites (tertiary alicyclic amines) is 1. The highest BCUT2D eigenvalue weighted by Gasteiger charge is 2.41. The zero-order chi connectivity index (χ0) is 13.1. The van der Waals surface area contributed by atoms with Crippen LogP contribution in [-0.2, 0) is 4.79 Å². The predicted molar refractivity (Wildman–Crippen MR) is 71.0 cm³/mol. The van der Waals surface area contributed by atoms with Crippen LogP contribution >= 0.6 is 0 Å². The molecule has 0 saturated carbocycles. The van der Waals surface area contributed by atoms with E-state index in [1.165, 1.54) is 0 Å². The molecule has 1 fully saturated rings. The van der Waals surface area contributed by atoms with Crippen molar-refractivity contribution in [2.45, 2.75) is 51.6 Å². The van der Waals surface area contributed by atoms with E-state index >= 15 is 0 Å². The van der Waals surface area contributed by atoms with Crippen LogP contribution in [0, 0.1) is 0 Å². The van der Waals surface area contributed by atoms with Gasteiger partial charge in [-0.2, -0.15) is 0 Å². The van der Waals surface area contributed by atoms with E-state index in [2.05, 4.69) is 43.2 Å². The first kappa shape index (κ1) is 14.5. The Morgan fingerprint density at radius 3 is 2.18 bits per heavy atom. The minimum absolute atomic E-state index is 0.132. The van der Waals surface area contributed by atoms with Crippen LogP contribution in [-0.4, -0.2) is 48.6 Å². The molecule has 1 saturated heterocycles. The number of nitrogens with zero attached hydrogens (tertiary/aromatic N) is 1. The Balaban J connectivity index is 2.71. The molecule has 1 aliphatic heterocycles. The molecule has 0 aromatic carbocycles. The molecule has 100 valence electrons. The molecule has 4 nitrogen and oxygen atoms in total. The van der Waals surface area contributed by atoms with E-state index in [0.29, 0.717) is 0 Å². The van der Waals surface area contributed by atoms with Gasteiger partial charge in [0.2, 0.25) is 5.91 Å². The molecule has 1 rings (SSSR count). The Bertz CT molecular complexity index is 262. The zero-order valence-electron chi connectivity index (χ0n) is 11.9. The summed E-state index contributed by atoms with van der Waals surface area (Å²) >= 11 is 0. The van der Waals surface area contributed by atoms with Crippen LogP contribution in [0.4, 0.5) is 0 Å². The number of piperidine rings is 1. The topological polar surface area (TPSA) is 44.4 Å². The van der Waals surface area contributed by atoms with Gasteiger partial charge < -0.3 is 10.6 Å². The summed E-state index contributed by atoms with van der Waals surface area (Å²) in [4.78, 5) is 14.5. The van der Waals surface area contributed by atoms with Gasteiger partial charge in [0.25, 0.3) is 0 Å². The fraction of sp³-hybridized carbons (Fsp3) is 0.923. The molecule has 0 aromatic heterocycles. The van der Waals surface area contributed by atoms with Gasteiger partial charge in [0.05, 0.1) is 0 Å². The summed E-state index contributed by atoms with van der Waals surface area (Å²) in [5, 5.41) is 6.18. The monoisotopic (exact) mass is 241 g/mol. The average Bonchev–Trinajstić information content (AvgIpc) is 2.27. The molecule has 0 unspecified atom stereocenters. The Labute approximate surface area is 105 Å². The Kier molecular flexibility index (Phi) is 4.55. The lowest BCUT2D eigenvalue weighted by Gasteiger charge is -2.45. The highest BCUT2D eigenvalue weighted by atomic mass is 16.2. The maximum absolute atomic E-state index is 12.0. The highest BCUT2D eigenvalue weighted by Crippen LogP contribution is 2.27. The van der Waals surface area contributed by atoms with Crippen molar-refractivity contribution >= 4 is 5.91 Å². The van der Waals surface area contributed by atoms with Crippen LogP contribution in [0.5, 0.6) is 0 Å². The van der Waals surface area contributed by atoms with Crippen molar-refractivity contribution in [3.8, 4) is 0 Å². The largest absolute Gasteiger partial charge is 0.358 e. The lowest BCUT2D eigenvalue weighted by Crippen LogP contribution is -2.63. The van der Waals surface area contributed by atoms with Crippen LogP contribution in [0.15, 0.2) is 0 Å². The SMILES string of the molecule is CCNC1(C(=O)NC)CCN(C(C)(C)C)CC1. The standard InChI is InChI=1S/C13H27N3O/c1-6-15-13(11(17)14-5)7-9-16(10-8-13)12(2,3)4/h15H,6-10H2,1-5H3,(H,14,17). The fourth-order valence-electron chi connectivity index (χ4n) is 2.62. The molecule has 1 heterocycles. The normalized spacial score (nSPS) is 21.2. The number of hydrogen-bond donors (Lipinski definition) is 2. The van der Waals surface area contributed by atoms with Crippen LogP contribution in [0.2, 0.25) is 0 Å². The van der Waals surface area contributed by atoms with E-state index in [-0.39, 0.29) is 17.0 Å². The third kappa shape index (κ3) is 3.19. The van der Waals surface area contributed by atoms with Gasteiger partial charge in [-0.25, -0.2) is 0 Å². The summed E-state index contributed by atoms with van der Waals surface area (Å²) in [6.45, 7) is 11.5. The Hall–Kier alpha value is -0.610. The maximum Gasteiger partial charge on any atom is 0.240 e. The van der Waals surface area contributed by atoms with Crippen LogP contribution in [0.3, 0.4) is 0 Å². The molecule has 1 amide bonds. The van der Waals surface area contributed by atoms with Gasteiger partial charge in [-0.1, -0.05) is 6.92 Å². The fourth-order valence-corrected chi connectivity index (χ4v) is 2.62. The summed E-state index contributed by atoms with van der Waals surface area (Å²) in [5.74, 6) is 0.132. The first-order valence-corrected chi connectivity index (χ1v) is 6.58. The van der Waals surface area contributed by atoms with E-state index in [9.17, 15) is 4.79 Å². The second kappa shape index (κ2) is 5.36. The second-order valence-corrected chi connectivity index (χ2v) is 5.85. The van der Waals surface area contributed by atoms with E-state index in [1.807, 2.05) is 0 Å². The van der Waals surface area contributed by atoms with Crippen molar-refractivity contribution in [3.63, 3.8) is 0 Å². The zero-order valence-corrected chi connectivity index (χ0v) is 11.9. The first-order valence-electron chi connectivity index (χ1n) is 6.58. The van der Waals surface area contributed by atoms with Crippen molar-refractivity contribution in [2.24, 2.45) is 0 Å². The van der Waals surface area contributed by atoms with Gasteiger partial charge in [-0.15, -0.1) is 0 Å². The van der Waals surface area contributed by atoms with Crippen molar-refractivity contribution in [3.05, 3.63) is 0 Å². The lowest BCUT2D eigenvalue weighted by atomic mass is 9.84. The van der Waals surface area contributed by atoms with Gasteiger partial charge in [0.1, 0.15) is 5.54 Å². The number of rotatable bonds is 3. The third-order valence-corrected chi connectivity index (χ3v) is 3.74. The van der Waals surface area contributed by atoms with Gasteiger partial charge in [0.15, 0.2) is 0 Å². The average molecular weight is 241 g/mol. The van der Waals surface area contributed by atoms with Crippen molar-refractivity contribution in [1.29, 1.82) is 0 Å². The first-order chi connectivity index (χ1) is 7.85. The van der Waals surface area contributed by atoms with Gasteiger partial charge in [-0.05, 0) is 40.2 Å². The minimum atomic E-state index is -0.356. The number of likely N-dealkylation sites (N-methyl/N-ethyl adjacent to an activating group) is 2. The van der Waals surface area contributed by atoms with Crippen molar-refractivity contribution in [1.82, 2.24) is 15.5 Å². The van der Waals surface area contributed by atoms with E-state index in [0.717, 1.165) is 32.5 Å². The Morgan fingerprint density at radius 1 is 1.29 bits per heavy atom. The summed E-state index contributed by atoms with van der Waals surface area (Å²) in [6, 6.07) is 0. The van der Waals surface area contributed by atoms with Crippen LogP contribution in [0.25, 0.3) is 0 Å². The molecule has 0 aliphatic carbocycles. The molecule has 4 heteroatoms. The van der Waals surface area contributed by atoms with E-state index in [4.69, 9.17) is 0 Å².